The topological polar surface area (TPSA) is 64.7 Å². The normalized spacial score (nSPS) is 14.4. The molecule has 3 aromatic carbocycles. The molecule has 0 atom stereocenters. The van der Waals surface area contributed by atoms with Gasteiger partial charge in [-0.1, -0.05) is 60.7 Å². The number of piperazine rings is 1. The van der Waals surface area contributed by atoms with Crippen LogP contribution in [0.2, 0.25) is 0 Å². The highest BCUT2D eigenvalue weighted by Gasteiger charge is 2.21. The van der Waals surface area contributed by atoms with Gasteiger partial charge in [-0.2, -0.15) is 0 Å². The van der Waals surface area contributed by atoms with E-state index in [1.54, 1.807) is 0 Å². The van der Waals surface area contributed by atoms with Crippen molar-refractivity contribution < 1.29 is 9.59 Å². The Hall–Kier alpha value is -3.38. The highest BCUT2D eigenvalue weighted by atomic mass is 16.2. The van der Waals surface area contributed by atoms with Crippen molar-refractivity contribution in [3.8, 4) is 0 Å². The summed E-state index contributed by atoms with van der Waals surface area (Å²) in [6.07, 6.45) is 0.311. The quantitative estimate of drug-likeness (QED) is 0.644. The van der Waals surface area contributed by atoms with Crippen molar-refractivity contribution in [3.63, 3.8) is 0 Å². The average Bonchev–Trinajstić information content (AvgIpc) is 2.80. The first-order valence-corrected chi connectivity index (χ1v) is 10.8. The molecule has 2 N–H and O–H groups in total. The van der Waals surface area contributed by atoms with E-state index in [0.717, 1.165) is 38.4 Å². The van der Waals surface area contributed by atoms with Crippen LogP contribution in [0, 0.1) is 0 Å². The van der Waals surface area contributed by atoms with Gasteiger partial charge in [0.1, 0.15) is 0 Å². The van der Waals surface area contributed by atoms with Crippen molar-refractivity contribution in [3.05, 3.63) is 78.4 Å². The number of urea groups is 1. The summed E-state index contributed by atoms with van der Waals surface area (Å²) in [5.74, 6) is 0.0878. The minimum absolute atomic E-state index is 0.0878. The van der Waals surface area contributed by atoms with Gasteiger partial charge in [-0.3, -0.25) is 9.69 Å². The van der Waals surface area contributed by atoms with E-state index < -0.39 is 0 Å². The van der Waals surface area contributed by atoms with Crippen LogP contribution in [0.1, 0.15) is 12.0 Å². The zero-order chi connectivity index (χ0) is 21.5. The van der Waals surface area contributed by atoms with Crippen LogP contribution in [0.4, 0.5) is 10.5 Å². The Morgan fingerprint density at radius 2 is 1.52 bits per heavy atom. The van der Waals surface area contributed by atoms with Crippen LogP contribution in [-0.4, -0.2) is 54.5 Å². The van der Waals surface area contributed by atoms with E-state index in [9.17, 15) is 9.59 Å². The summed E-state index contributed by atoms with van der Waals surface area (Å²) in [6, 6.07) is 23.9. The second-order valence-electron chi connectivity index (χ2n) is 7.79. The van der Waals surface area contributed by atoms with Gasteiger partial charge in [-0.25, -0.2) is 4.79 Å². The summed E-state index contributed by atoms with van der Waals surface area (Å²) in [5, 5.41) is 8.06. The first-order valence-electron chi connectivity index (χ1n) is 10.8. The third-order valence-corrected chi connectivity index (χ3v) is 5.65. The van der Waals surface area contributed by atoms with Crippen molar-refractivity contribution in [1.29, 1.82) is 0 Å². The van der Waals surface area contributed by atoms with E-state index in [1.165, 1.54) is 16.3 Å². The van der Waals surface area contributed by atoms with E-state index in [4.69, 9.17) is 0 Å². The number of hydrogen-bond donors (Lipinski definition) is 2. The lowest BCUT2D eigenvalue weighted by molar-refractivity contribution is -0.132. The minimum atomic E-state index is -0.293. The fourth-order valence-corrected chi connectivity index (χ4v) is 3.96. The van der Waals surface area contributed by atoms with Crippen molar-refractivity contribution in [2.75, 3.05) is 38.0 Å². The molecule has 4 rings (SSSR count). The number of hydrogen-bond acceptors (Lipinski definition) is 3. The van der Waals surface area contributed by atoms with Gasteiger partial charge in [-0.15, -0.1) is 0 Å². The summed E-state index contributed by atoms with van der Waals surface area (Å²) in [7, 11) is 0. The number of carbonyl (C=O) groups excluding carboxylic acids is 2. The number of fused-ring (bicyclic) bond motifs is 1. The van der Waals surface area contributed by atoms with Gasteiger partial charge in [0, 0.05) is 51.4 Å². The van der Waals surface area contributed by atoms with Gasteiger partial charge in [0.15, 0.2) is 0 Å². The molecular formula is C25H28N4O2. The third-order valence-electron chi connectivity index (χ3n) is 5.65. The Labute approximate surface area is 182 Å². The van der Waals surface area contributed by atoms with Gasteiger partial charge in [0.25, 0.3) is 0 Å². The Morgan fingerprint density at radius 1 is 0.806 bits per heavy atom. The number of benzene rings is 3. The first-order chi connectivity index (χ1) is 15.2. The Bertz CT molecular complexity index is 1020. The maximum Gasteiger partial charge on any atom is 0.319 e. The van der Waals surface area contributed by atoms with E-state index in [2.05, 4.69) is 58.0 Å². The average molecular weight is 417 g/mol. The molecule has 1 heterocycles. The lowest BCUT2D eigenvalue weighted by Crippen LogP contribution is -2.48. The summed E-state index contributed by atoms with van der Waals surface area (Å²) in [4.78, 5) is 28.7. The molecule has 1 saturated heterocycles. The molecule has 31 heavy (non-hydrogen) atoms. The fourth-order valence-electron chi connectivity index (χ4n) is 3.96. The zero-order valence-corrected chi connectivity index (χ0v) is 17.6. The maximum absolute atomic E-state index is 12.5. The van der Waals surface area contributed by atoms with Crippen LogP contribution in [0.15, 0.2) is 72.8 Å². The van der Waals surface area contributed by atoms with Crippen molar-refractivity contribution in [2.45, 2.75) is 13.0 Å². The highest BCUT2D eigenvalue weighted by Crippen LogP contribution is 2.20. The molecule has 0 spiro atoms. The van der Waals surface area contributed by atoms with Gasteiger partial charge in [0.2, 0.25) is 5.91 Å². The summed E-state index contributed by atoms with van der Waals surface area (Å²) < 4.78 is 0. The van der Waals surface area contributed by atoms with Gasteiger partial charge in [-0.05, 0) is 28.5 Å². The first kappa shape index (κ1) is 20.9. The molecule has 0 bridgehead atoms. The molecule has 1 fully saturated rings. The second-order valence-corrected chi connectivity index (χ2v) is 7.79. The minimum Gasteiger partial charge on any atom is -0.340 e. The van der Waals surface area contributed by atoms with Gasteiger partial charge >= 0.3 is 6.03 Å². The number of nitrogens with one attached hydrogen (secondary N) is 2. The molecule has 3 amide bonds. The van der Waals surface area contributed by atoms with Crippen LogP contribution >= 0.6 is 0 Å². The molecule has 6 nitrogen and oxygen atoms in total. The highest BCUT2D eigenvalue weighted by molar-refractivity contribution is 5.89. The number of carbonyl (C=O) groups is 2. The van der Waals surface area contributed by atoms with Gasteiger partial charge < -0.3 is 15.5 Å². The molecule has 0 aromatic heterocycles. The number of rotatable bonds is 6. The Balaban J connectivity index is 1.19. The zero-order valence-electron chi connectivity index (χ0n) is 17.6. The second kappa shape index (κ2) is 10.1. The number of anilines is 1. The summed E-state index contributed by atoms with van der Waals surface area (Å²) in [6.45, 7) is 4.38. The molecule has 1 aliphatic rings. The van der Waals surface area contributed by atoms with E-state index in [1.807, 2.05) is 35.2 Å². The standard InChI is InChI=1S/C25H28N4O2/c30-24(13-14-26-25(31)27-22-10-2-1-3-11-22)29-17-15-28(16-18-29)19-21-9-6-8-20-7-4-5-12-23(20)21/h1-12H,13-19H2,(H2,26,27,31). The summed E-state index contributed by atoms with van der Waals surface area (Å²) in [5.41, 5.74) is 2.06. The number of amides is 3. The van der Waals surface area contributed by atoms with Crippen LogP contribution < -0.4 is 10.6 Å². The van der Waals surface area contributed by atoms with Crippen molar-refractivity contribution >= 4 is 28.4 Å². The van der Waals surface area contributed by atoms with Crippen LogP contribution in [0.5, 0.6) is 0 Å². The Kier molecular flexibility index (Phi) is 6.79. The molecule has 160 valence electrons. The summed E-state index contributed by atoms with van der Waals surface area (Å²) >= 11 is 0. The lowest BCUT2D eigenvalue weighted by Gasteiger charge is -2.35. The van der Waals surface area contributed by atoms with E-state index in [-0.39, 0.29) is 11.9 Å². The van der Waals surface area contributed by atoms with Crippen molar-refractivity contribution in [1.82, 2.24) is 15.1 Å². The SMILES string of the molecule is O=C(NCCC(=O)N1CCN(Cc2cccc3ccccc23)CC1)Nc1ccccc1. The molecular weight excluding hydrogens is 388 g/mol. The monoisotopic (exact) mass is 416 g/mol. The van der Waals surface area contributed by atoms with Crippen LogP contribution in [0.25, 0.3) is 10.8 Å². The smallest absolute Gasteiger partial charge is 0.319 e. The fraction of sp³-hybridized carbons (Fsp3) is 0.280. The molecule has 1 aliphatic heterocycles. The molecule has 3 aromatic rings. The van der Waals surface area contributed by atoms with E-state index >= 15 is 0 Å². The van der Waals surface area contributed by atoms with Crippen molar-refractivity contribution in [2.24, 2.45) is 0 Å². The molecule has 6 heteroatoms. The predicted molar refractivity (Wildman–Crippen MR) is 124 cm³/mol. The van der Waals surface area contributed by atoms with Crippen LogP contribution in [0.3, 0.4) is 0 Å². The molecule has 0 aliphatic carbocycles. The van der Waals surface area contributed by atoms with Gasteiger partial charge in [0.05, 0.1) is 0 Å². The number of nitrogens with zero attached hydrogens (tertiary/aromatic N) is 2. The predicted octanol–water partition coefficient (Wildman–Crippen LogP) is 3.70. The third kappa shape index (κ3) is 5.61. The molecule has 0 unspecified atom stereocenters. The largest absolute Gasteiger partial charge is 0.340 e. The lowest BCUT2D eigenvalue weighted by atomic mass is 10.0. The van der Waals surface area contributed by atoms with Crippen LogP contribution in [-0.2, 0) is 11.3 Å². The molecule has 0 saturated carbocycles. The molecule has 0 radical (unpaired) electrons. The maximum atomic E-state index is 12.5. The van der Waals surface area contributed by atoms with E-state index in [0.29, 0.717) is 13.0 Å². The Morgan fingerprint density at radius 3 is 2.32 bits per heavy atom. The number of para-hydroxylation sites is 1.